The molecule has 2 unspecified atom stereocenters. The van der Waals surface area contributed by atoms with E-state index < -0.39 is 24.2 Å². The van der Waals surface area contributed by atoms with E-state index in [1.165, 1.54) is 5.56 Å². The van der Waals surface area contributed by atoms with Crippen molar-refractivity contribution in [2.24, 2.45) is 0 Å². The van der Waals surface area contributed by atoms with Gasteiger partial charge in [0.1, 0.15) is 12.1 Å². The zero-order chi connectivity index (χ0) is 18.8. The Morgan fingerprint density at radius 3 is 2.46 bits per heavy atom. The van der Waals surface area contributed by atoms with E-state index in [1.807, 2.05) is 18.2 Å². The van der Waals surface area contributed by atoms with Crippen molar-refractivity contribution in [2.75, 3.05) is 26.7 Å². The summed E-state index contributed by atoms with van der Waals surface area (Å²) < 4.78 is 38.3. The van der Waals surface area contributed by atoms with E-state index in [0.29, 0.717) is 6.54 Å². The van der Waals surface area contributed by atoms with Crippen LogP contribution in [0, 0.1) is 0 Å². The second-order valence-corrected chi connectivity index (χ2v) is 7.34. The number of alkyl halides is 3. The number of piperidine rings is 1. The van der Waals surface area contributed by atoms with Crippen LogP contribution in [-0.2, 0) is 10.2 Å². The van der Waals surface area contributed by atoms with Crippen LogP contribution >= 0.6 is 0 Å². The first-order valence-corrected chi connectivity index (χ1v) is 8.90. The number of benzene rings is 1. The van der Waals surface area contributed by atoms with Gasteiger partial charge in [-0.25, -0.2) is 10.9 Å². The first kappa shape index (κ1) is 19.1. The van der Waals surface area contributed by atoms with Crippen molar-refractivity contribution in [1.82, 2.24) is 21.1 Å². The lowest BCUT2D eigenvalue weighted by molar-refractivity contribution is -0.153. The summed E-state index contributed by atoms with van der Waals surface area (Å²) in [5, 5.41) is 2.89. The van der Waals surface area contributed by atoms with Gasteiger partial charge in [0.05, 0.1) is 0 Å². The summed E-state index contributed by atoms with van der Waals surface area (Å²) in [7, 11) is 2.07. The van der Waals surface area contributed by atoms with Gasteiger partial charge < -0.3 is 10.2 Å². The number of hydrazine groups is 1. The molecular weight excluding hydrogens is 345 g/mol. The zero-order valence-corrected chi connectivity index (χ0v) is 14.8. The maximum absolute atomic E-state index is 12.8. The van der Waals surface area contributed by atoms with Gasteiger partial charge in [0, 0.05) is 12.0 Å². The quantitative estimate of drug-likeness (QED) is 0.753. The fraction of sp³-hybridized carbons (Fsp3) is 0.611. The van der Waals surface area contributed by atoms with Gasteiger partial charge in [-0.15, -0.1) is 0 Å². The molecule has 2 aliphatic rings. The van der Waals surface area contributed by atoms with Gasteiger partial charge in [-0.3, -0.25) is 4.79 Å². The Balaban J connectivity index is 1.64. The maximum Gasteiger partial charge on any atom is 0.405 e. The molecule has 1 amide bonds. The van der Waals surface area contributed by atoms with Crippen molar-refractivity contribution in [3.05, 3.63) is 35.9 Å². The van der Waals surface area contributed by atoms with E-state index in [-0.39, 0.29) is 11.8 Å². The van der Waals surface area contributed by atoms with Crippen LogP contribution in [0.5, 0.6) is 0 Å². The van der Waals surface area contributed by atoms with Gasteiger partial charge in [-0.05, 0) is 45.0 Å². The molecule has 26 heavy (non-hydrogen) atoms. The number of nitrogens with zero attached hydrogens (tertiary/aromatic N) is 1. The molecule has 2 atom stereocenters. The van der Waals surface area contributed by atoms with Crippen LogP contribution in [0.25, 0.3) is 0 Å². The standard InChI is InChI=1S/C18H25F3N4O/c1-25-9-7-17(8-10-25,13-5-3-2-4-6-13)12-22-16(26)14-11-15(24-23-14)18(19,20)21/h2-6,14-15,23-24H,7-12H2,1H3,(H,22,26). The van der Waals surface area contributed by atoms with Crippen LogP contribution in [0.2, 0.25) is 0 Å². The molecule has 0 saturated carbocycles. The maximum atomic E-state index is 12.8. The lowest BCUT2D eigenvalue weighted by Gasteiger charge is -2.41. The highest BCUT2D eigenvalue weighted by molar-refractivity contribution is 5.82. The SMILES string of the molecule is CN1CCC(CNC(=O)C2CC(C(F)(F)F)NN2)(c2ccccc2)CC1. The van der Waals surface area contributed by atoms with E-state index in [1.54, 1.807) is 0 Å². The molecule has 0 aromatic heterocycles. The molecule has 2 aliphatic heterocycles. The van der Waals surface area contributed by atoms with Crippen LogP contribution < -0.4 is 16.2 Å². The Labute approximate surface area is 151 Å². The molecule has 2 fully saturated rings. The predicted octanol–water partition coefficient (Wildman–Crippen LogP) is 1.56. The Morgan fingerprint density at radius 2 is 1.88 bits per heavy atom. The molecule has 0 bridgehead atoms. The lowest BCUT2D eigenvalue weighted by Crippen LogP contribution is -2.51. The van der Waals surface area contributed by atoms with Gasteiger partial charge in [-0.1, -0.05) is 30.3 Å². The van der Waals surface area contributed by atoms with Crippen molar-refractivity contribution < 1.29 is 18.0 Å². The van der Waals surface area contributed by atoms with E-state index in [4.69, 9.17) is 0 Å². The molecule has 1 aromatic rings. The minimum atomic E-state index is -4.36. The fourth-order valence-electron chi connectivity index (χ4n) is 3.73. The smallest absolute Gasteiger partial charge is 0.354 e. The number of amides is 1. The van der Waals surface area contributed by atoms with Gasteiger partial charge in [0.15, 0.2) is 0 Å². The van der Waals surface area contributed by atoms with E-state index in [9.17, 15) is 18.0 Å². The molecular formula is C18H25F3N4O. The minimum Gasteiger partial charge on any atom is -0.354 e. The number of rotatable bonds is 4. The summed E-state index contributed by atoms with van der Waals surface area (Å²) in [5.74, 6) is -0.390. The third-order valence-electron chi connectivity index (χ3n) is 5.55. The number of hydrogen-bond donors (Lipinski definition) is 3. The molecule has 3 N–H and O–H groups in total. The normalized spacial score (nSPS) is 26.6. The highest BCUT2D eigenvalue weighted by Gasteiger charge is 2.46. The Bertz CT molecular complexity index is 615. The molecule has 2 heterocycles. The lowest BCUT2D eigenvalue weighted by atomic mass is 9.72. The zero-order valence-electron chi connectivity index (χ0n) is 14.8. The summed E-state index contributed by atoms with van der Waals surface area (Å²) in [6, 6.07) is 7.47. The Hall–Kier alpha value is -1.64. The number of carbonyl (C=O) groups excluding carboxylic acids is 1. The van der Waals surface area contributed by atoms with E-state index in [0.717, 1.165) is 25.9 Å². The van der Waals surface area contributed by atoms with Crippen LogP contribution in [0.1, 0.15) is 24.8 Å². The van der Waals surface area contributed by atoms with Gasteiger partial charge >= 0.3 is 6.18 Å². The van der Waals surface area contributed by atoms with Crippen molar-refractivity contribution in [3.63, 3.8) is 0 Å². The number of nitrogens with one attached hydrogen (secondary N) is 3. The van der Waals surface area contributed by atoms with E-state index in [2.05, 4.69) is 40.2 Å². The van der Waals surface area contributed by atoms with Gasteiger partial charge in [0.25, 0.3) is 0 Å². The first-order chi connectivity index (χ1) is 12.3. The number of hydrogen-bond acceptors (Lipinski definition) is 4. The highest BCUT2D eigenvalue weighted by atomic mass is 19.4. The van der Waals surface area contributed by atoms with Crippen molar-refractivity contribution in [2.45, 2.75) is 42.9 Å². The molecule has 1 aromatic carbocycles. The number of likely N-dealkylation sites (tertiary alicyclic amines) is 1. The van der Waals surface area contributed by atoms with Crippen LogP contribution in [0.3, 0.4) is 0 Å². The molecule has 0 spiro atoms. The van der Waals surface area contributed by atoms with E-state index >= 15 is 0 Å². The van der Waals surface area contributed by atoms with Crippen LogP contribution in [0.15, 0.2) is 30.3 Å². The molecule has 2 saturated heterocycles. The van der Waals surface area contributed by atoms with Crippen LogP contribution in [0.4, 0.5) is 13.2 Å². The fourth-order valence-corrected chi connectivity index (χ4v) is 3.73. The third kappa shape index (κ3) is 4.19. The molecule has 8 heteroatoms. The second-order valence-electron chi connectivity index (χ2n) is 7.34. The summed E-state index contributed by atoms with van der Waals surface area (Å²) in [6.07, 6.45) is -2.86. The number of halogens is 3. The summed E-state index contributed by atoms with van der Waals surface area (Å²) in [5.41, 5.74) is 5.62. The molecule has 0 radical (unpaired) electrons. The largest absolute Gasteiger partial charge is 0.405 e. The van der Waals surface area contributed by atoms with Crippen molar-refractivity contribution in [1.29, 1.82) is 0 Å². The molecule has 0 aliphatic carbocycles. The molecule has 5 nitrogen and oxygen atoms in total. The average Bonchev–Trinajstić information content (AvgIpc) is 3.13. The summed E-state index contributed by atoms with van der Waals surface area (Å²) in [6.45, 7) is 2.27. The van der Waals surface area contributed by atoms with Gasteiger partial charge in [0.2, 0.25) is 5.91 Å². The minimum absolute atomic E-state index is 0.182. The average molecular weight is 370 g/mol. The third-order valence-corrected chi connectivity index (χ3v) is 5.55. The van der Waals surface area contributed by atoms with Crippen LogP contribution in [-0.4, -0.2) is 55.7 Å². The summed E-state index contributed by atoms with van der Waals surface area (Å²) >= 11 is 0. The highest BCUT2D eigenvalue weighted by Crippen LogP contribution is 2.34. The van der Waals surface area contributed by atoms with Crippen molar-refractivity contribution in [3.8, 4) is 0 Å². The topological polar surface area (TPSA) is 56.4 Å². The molecule has 144 valence electrons. The monoisotopic (exact) mass is 370 g/mol. The second kappa shape index (κ2) is 7.54. The van der Waals surface area contributed by atoms with Gasteiger partial charge in [-0.2, -0.15) is 13.2 Å². The van der Waals surface area contributed by atoms with Crippen molar-refractivity contribution >= 4 is 5.91 Å². The first-order valence-electron chi connectivity index (χ1n) is 8.90. The Kier molecular flexibility index (Phi) is 5.55. The number of carbonyl (C=O) groups is 1. The summed E-state index contributed by atoms with van der Waals surface area (Å²) in [4.78, 5) is 14.7. The molecule has 3 rings (SSSR count). The Morgan fingerprint density at radius 1 is 1.23 bits per heavy atom. The predicted molar refractivity (Wildman–Crippen MR) is 92.4 cm³/mol.